The topological polar surface area (TPSA) is 28.2 Å². The van der Waals surface area contributed by atoms with Gasteiger partial charge in [0.1, 0.15) is 0 Å². The normalized spacial score (nSPS) is 20.8. The molecule has 1 aromatic heterocycles. The summed E-state index contributed by atoms with van der Waals surface area (Å²) in [6, 6.07) is 4.93. The maximum absolute atomic E-state index is 4.45. The van der Waals surface area contributed by atoms with Crippen LogP contribution in [-0.2, 0) is 6.54 Å². The minimum atomic E-state index is 0.666. The van der Waals surface area contributed by atoms with Crippen LogP contribution in [0, 0.1) is 6.92 Å². The SMILES string of the molecule is Cc1ccc(CN(C)CC2CCCCN2)nc1. The number of nitrogens with one attached hydrogen (secondary N) is 1. The second-order valence-electron chi connectivity index (χ2n) is 5.17. The molecule has 0 saturated carbocycles. The molecule has 0 amide bonds. The summed E-state index contributed by atoms with van der Waals surface area (Å²) in [4.78, 5) is 6.81. The molecule has 1 aliphatic rings. The second-order valence-corrected chi connectivity index (χ2v) is 5.17. The van der Waals surface area contributed by atoms with Gasteiger partial charge >= 0.3 is 0 Å². The van der Waals surface area contributed by atoms with Crippen LogP contribution in [-0.4, -0.2) is 36.1 Å². The van der Waals surface area contributed by atoms with Gasteiger partial charge in [-0.3, -0.25) is 9.88 Å². The number of aromatic nitrogens is 1. The number of rotatable bonds is 4. The molecule has 1 aliphatic heterocycles. The van der Waals surface area contributed by atoms with Gasteiger partial charge < -0.3 is 5.32 Å². The lowest BCUT2D eigenvalue weighted by Crippen LogP contribution is -2.42. The molecule has 17 heavy (non-hydrogen) atoms. The third-order valence-corrected chi connectivity index (χ3v) is 3.35. The zero-order valence-corrected chi connectivity index (χ0v) is 10.9. The fourth-order valence-electron chi connectivity index (χ4n) is 2.39. The molecule has 1 atom stereocenters. The van der Waals surface area contributed by atoms with E-state index in [4.69, 9.17) is 0 Å². The minimum absolute atomic E-state index is 0.666. The fourth-order valence-corrected chi connectivity index (χ4v) is 2.39. The molecule has 2 rings (SSSR count). The Labute approximate surface area is 104 Å². The van der Waals surface area contributed by atoms with Crippen molar-refractivity contribution in [2.24, 2.45) is 0 Å². The summed E-state index contributed by atoms with van der Waals surface area (Å²) in [6.45, 7) is 5.32. The van der Waals surface area contributed by atoms with E-state index in [-0.39, 0.29) is 0 Å². The Morgan fingerprint density at radius 1 is 1.41 bits per heavy atom. The summed E-state index contributed by atoms with van der Waals surface area (Å²) in [5, 5.41) is 3.58. The van der Waals surface area contributed by atoms with Crippen LogP contribution in [0.1, 0.15) is 30.5 Å². The van der Waals surface area contributed by atoms with Crippen molar-refractivity contribution >= 4 is 0 Å². The van der Waals surface area contributed by atoms with Crippen LogP contribution in [0.5, 0.6) is 0 Å². The third kappa shape index (κ3) is 4.10. The average Bonchev–Trinajstić information content (AvgIpc) is 2.33. The second kappa shape index (κ2) is 6.12. The largest absolute Gasteiger partial charge is 0.313 e. The van der Waals surface area contributed by atoms with E-state index in [1.165, 1.54) is 31.4 Å². The van der Waals surface area contributed by atoms with E-state index in [1.807, 2.05) is 6.20 Å². The van der Waals surface area contributed by atoms with Crippen molar-refractivity contribution in [1.82, 2.24) is 15.2 Å². The smallest absolute Gasteiger partial charge is 0.0544 e. The summed E-state index contributed by atoms with van der Waals surface area (Å²) in [6.07, 6.45) is 5.96. The van der Waals surface area contributed by atoms with Gasteiger partial charge in [0.25, 0.3) is 0 Å². The molecule has 0 spiro atoms. The molecule has 2 heterocycles. The number of hydrogen-bond donors (Lipinski definition) is 1. The van der Waals surface area contributed by atoms with Gasteiger partial charge in [-0.2, -0.15) is 0 Å². The molecule has 3 nitrogen and oxygen atoms in total. The molecular weight excluding hydrogens is 210 g/mol. The van der Waals surface area contributed by atoms with Crippen molar-refractivity contribution in [3.8, 4) is 0 Å². The van der Waals surface area contributed by atoms with Gasteiger partial charge in [0.05, 0.1) is 5.69 Å². The Hall–Kier alpha value is -0.930. The summed E-state index contributed by atoms with van der Waals surface area (Å²) in [5.74, 6) is 0. The van der Waals surface area contributed by atoms with E-state index in [2.05, 4.69) is 41.3 Å². The third-order valence-electron chi connectivity index (χ3n) is 3.35. The quantitative estimate of drug-likeness (QED) is 0.861. The Kier molecular flexibility index (Phi) is 4.51. The number of likely N-dealkylation sites (N-methyl/N-ethyl adjacent to an activating group) is 1. The number of hydrogen-bond acceptors (Lipinski definition) is 3. The highest BCUT2D eigenvalue weighted by Gasteiger charge is 2.14. The predicted molar refractivity (Wildman–Crippen MR) is 70.9 cm³/mol. The van der Waals surface area contributed by atoms with Crippen molar-refractivity contribution < 1.29 is 0 Å². The van der Waals surface area contributed by atoms with Gasteiger partial charge in [0, 0.05) is 25.3 Å². The van der Waals surface area contributed by atoms with Crippen LogP contribution in [0.25, 0.3) is 0 Å². The lowest BCUT2D eigenvalue weighted by molar-refractivity contribution is 0.254. The number of piperidine rings is 1. The van der Waals surface area contributed by atoms with Crippen molar-refractivity contribution in [2.45, 2.75) is 38.8 Å². The molecule has 94 valence electrons. The number of aryl methyl sites for hydroxylation is 1. The molecule has 1 N–H and O–H groups in total. The van der Waals surface area contributed by atoms with Gasteiger partial charge in [-0.1, -0.05) is 12.5 Å². The highest BCUT2D eigenvalue weighted by atomic mass is 15.1. The molecule has 0 aromatic carbocycles. The van der Waals surface area contributed by atoms with E-state index >= 15 is 0 Å². The van der Waals surface area contributed by atoms with Crippen LogP contribution in [0.15, 0.2) is 18.3 Å². The minimum Gasteiger partial charge on any atom is -0.313 e. The maximum Gasteiger partial charge on any atom is 0.0544 e. The zero-order valence-electron chi connectivity index (χ0n) is 10.9. The molecule has 0 bridgehead atoms. The van der Waals surface area contributed by atoms with Gasteiger partial charge in [-0.05, 0) is 45.0 Å². The molecule has 0 radical (unpaired) electrons. The maximum atomic E-state index is 4.45. The molecule has 1 fully saturated rings. The average molecular weight is 233 g/mol. The molecule has 1 saturated heterocycles. The Morgan fingerprint density at radius 2 is 2.29 bits per heavy atom. The first-order chi connectivity index (χ1) is 8.24. The highest BCUT2D eigenvalue weighted by molar-refractivity contribution is 5.12. The summed E-state index contributed by atoms with van der Waals surface area (Å²) < 4.78 is 0. The summed E-state index contributed by atoms with van der Waals surface area (Å²) in [5.41, 5.74) is 2.39. The van der Waals surface area contributed by atoms with E-state index in [1.54, 1.807) is 0 Å². The van der Waals surface area contributed by atoms with Crippen molar-refractivity contribution in [1.29, 1.82) is 0 Å². The van der Waals surface area contributed by atoms with Crippen LogP contribution in [0.3, 0.4) is 0 Å². The van der Waals surface area contributed by atoms with Crippen molar-refractivity contribution in [3.05, 3.63) is 29.6 Å². The summed E-state index contributed by atoms with van der Waals surface area (Å²) >= 11 is 0. The molecule has 3 heteroatoms. The first-order valence-electron chi connectivity index (χ1n) is 6.57. The first kappa shape index (κ1) is 12.5. The van der Waals surface area contributed by atoms with Gasteiger partial charge in [0.15, 0.2) is 0 Å². The van der Waals surface area contributed by atoms with Crippen LogP contribution >= 0.6 is 0 Å². The zero-order chi connectivity index (χ0) is 12.1. The monoisotopic (exact) mass is 233 g/mol. The van der Waals surface area contributed by atoms with Crippen molar-refractivity contribution in [3.63, 3.8) is 0 Å². The molecule has 1 unspecified atom stereocenters. The molecule has 0 aliphatic carbocycles. The van der Waals surface area contributed by atoms with E-state index < -0.39 is 0 Å². The van der Waals surface area contributed by atoms with Gasteiger partial charge in [0.2, 0.25) is 0 Å². The van der Waals surface area contributed by atoms with Gasteiger partial charge in [-0.15, -0.1) is 0 Å². The van der Waals surface area contributed by atoms with Crippen LogP contribution in [0.4, 0.5) is 0 Å². The Bertz CT molecular complexity index is 328. The highest BCUT2D eigenvalue weighted by Crippen LogP contribution is 2.09. The predicted octanol–water partition coefficient (Wildman–Crippen LogP) is 1.96. The Morgan fingerprint density at radius 3 is 2.94 bits per heavy atom. The number of pyridine rings is 1. The lowest BCUT2D eigenvalue weighted by Gasteiger charge is -2.28. The first-order valence-corrected chi connectivity index (χ1v) is 6.57. The van der Waals surface area contributed by atoms with Crippen LogP contribution in [0.2, 0.25) is 0 Å². The summed E-state index contributed by atoms with van der Waals surface area (Å²) in [7, 11) is 2.18. The van der Waals surface area contributed by atoms with Crippen molar-refractivity contribution in [2.75, 3.05) is 20.1 Å². The Balaban J connectivity index is 1.79. The van der Waals surface area contributed by atoms with E-state index in [0.29, 0.717) is 6.04 Å². The lowest BCUT2D eigenvalue weighted by atomic mass is 10.0. The van der Waals surface area contributed by atoms with E-state index in [0.717, 1.165) is 18.8 Å². The van der Waals surface area contributed by atoms with Gasteiger partial charge in [-0.25, -0.2) is 0 Å². The standard InChI is InChI=1S/C14H23N3/c1-12-6-7-14(16-9-12)11-17(2)10-13-5-3-4-8-15-13/h6-7,9,13,15H,3-5,8,10-11H2,1-2H3. The number of nitrogens with zero attached hydrogens (tertiary/aromatic N) is 2. The fraction of sp³-hybridized carbons (Fsp3) is 0.643. The van der Waals surface area contributed by atoms with E-state index in [9.17, 15) is 0 Å². The molecule has 1 aromatic rings. The molecular formula is C14H23N3. The van der Waals surface area contributed by atoms with Crippen LogP contribution < -0.4 is 5.32 Å².